The van der Waals surface area contributed by atoms with E-state index in [1.165, 1.54) is 12.8 Å². The van der Waals surface area contributed by atoms with Crippen molar-refractivity contribution in [3.05, 3.63) is 15.6 Å². The van der Waals surface area contributed by atoms with Crippen molar-refractivity contribution in [3.63, 3.8) is 0 Å². The first-order valence-electron chi connectivity index (χ1n) is 5.99. The SMILES string of the molecule is COCc1nc(C2(OC)CCCC2)sc1CN. The first kappa shape index (κ1) is 13.0. The summed E-state index contributed by atoms with van der Waals surface area (Å²) in [5, 5.41) is 1.07. The molecule has 0 unspecified atom stereocenters. The number of thiazole rings is 1. The van der Waals surface area contributed by atoms with Crippen molar-refractivity contribution in [2.45, 2.75) is 44.4 Å². The Morgan fingerprint density at radius 2 is 2.06 bits per heavy atom. The van der Waals surface area contributed by atoms with E-state index in [1.807, 2.05) is 0 Å². The summed E-state index contributed by atoms with van der Waals surface area (Å²) in [4.78, 5) is 5.80. The first-order valence-corrected chi connectivity index (χ1v) is 6.80. The summed E-state index contributed by atoms with van der Waals surface area (Å²) in [6.07, 6.45) is 4.55. The van der Waals surface area contributed by atoms with Crippen LogP contribution in [0.1, 0.15) is 41.3 Å². The molecule has 0 atom stereocenters. The molecule has 0 saturated heterocycles. The molecule has 5 heteroatoms. The highest BCUT2D eigenvalue weighted by Gasteiger charge is 2.39. The highest BCUT2D eigenvalue weighted by molar-refractivity contribution is 7.11. The lowest BCUT2D eigenvalue weighted by atomic mass is 10.0. The molecule has 1 aliphatic carbocycles. The molecule has 1 aromatic rings. The second-order valence-electron chi connectivity index (χ2n) is 4.43. The molecule has 17 heavy (non-hydrogen) atoms. The fourth-order valence-corrected chi connectivity index (χ4v) is 3.61. The molecule has 4 nitrogen and oxygen atoms in total. The second kappa shape index (κ2) is 5.44. The third-order valence-electron chi connectivity index (χ3n) is 3.44. The van der Waals surface area contributed by atoms with Crippen LogP contribution in [0.2, 0.25) is 0 Å². The van der Waals surface area contributed by atoms with Crippen LogP contribution in [0.5, 0.6) is 0 Å². The van der Waals surface area contributed by atoms with Gasteiger partial charge in [0.2, 0.25) is 0 Å². The van der Waals surface area contributed by atoms with Gasteiger partial charge >= 0.3 is 0 Å². The van der Waals surface area contributed by atoms with Gasteiger partial charge in [-0.25, -0.2) is 4.98 Å². The standard InChI is InChI=1S/C12H20N2O2S/c1-15-8-9-10(7-13)17-11(14-9)12(16-2)5-3-4-6-12/h3-8,13H2,1-2H3. The molecular formula is C12H20N2O2S. The Balaban J connectivity index is 2.31. The van der Waals surface area contributed by atoms with Crippen LogP contribution < -0.4 is 5.73 Å². The van der Waals surface area contributed by atoms with Crippen LogP contribution in [-0.4, -0.2) is 19.2 Å². The van der Waals surface area contributed by atoms with E-state index in [1.54, 1.807) is 25.6 Å². The van der Waals surface area contributed by atoms with E-state index < -0.39 is 0 Å². The number of aromatic nitrogens is 1. The molecular weight excluding hydrogens is 236 g/mol. The Morgan fingerprint density at radius 3 is 2.59 bits per heavy atom. The molecule has 0 amide bonds. The van der Waals surface area contributed by atoms with Crippen molar-refractivity contribution >= 4 is 11.3 Å². The molecule has 0 aliphatic heterocycles. The molecule has 0 bridgehead atoms. The van der Waals surface area contributed by atoms with E-state index in [0.717, 1.165) is 28.4 Å². The summed E-state index contributed by atoms with van der Waals surface area (Å²) in [6.45, 7) is 1.05. The molecule has 2 N–H and O–H groups in total. The molecule has 1 heterocycles. The summed E-state index contributed by atoms with van der Waals surface area (Å²) in [5.74, 6) is 0. The molecule has 0 radical (unpaired) electrons. The Kier molecular flexibility index (Phi) is 4.14. The van der Waals surface area contributed by atoms with E-state index in [4.69, 9.17) is 15.2 Å². The van der Waals surface area contributed by atoms with Crippen molar-refractivity contribution in [1.82, 2.24) is 4.98 Å². The average molecular weight is 256 g/mol. The van der Waals surface area contributed by atoms with Gasteiger partial charge in [-0.05, 0) is 12.8 Å². The number of methoxy groups -OCH3 is 2. The Labute approximate surface area is 106 Å². The van der Waals surface area contributed by atoms with Crippen molar-refractivity contribution < 1.29 is 9.47 Å². The normalized spacial score (nSPS) is 18.8. The number of hydrogen-bond donors (Lipinski definition) is 1. The maximum atomic E-state index is 5.75. The number of nitrogens with zero attached hydrogens (tertiary/aromatic N) is 1. The summed E-state index contributed by atoms with van der Waals surface area (Å²) in [7, 11) is 3.46. The van der Waals surface area contributed by atoms with Crippen molar-refractivity contribution in [1.29, 1.82) is 0 Å². The molecule has 0 spiro atoms. The van der Waals surface area contributed by atoms with Gasteiger partial charge in [0, 0.05) is 25.6 Å². The van der Waals surface area contributed by atoms with Crippen molar-refractivity contribution in [3.8, 4) is 0 Å². The third-order valence-corrected chi connectivity index (χ3v) is 4.74. The summed E-state index contributed by atoms with van der Waals surface area (Å²) in [5.41, 5.74) is 6.56. The monoisotopic (exact) mass is 256 g/mol. The fraction of sp³-hybridized carbons (Fsp3) is 0.750. The molecule has 1 fully saturated rings. The van der Waals surface area contributed by atoms with E-state index in [9.17, 15) is 0 Å². The lowest BCUT2D eigenvalue weighted by molar-refractivity contribution is -0.00911. The molecule has 1 saturated carbocycles. The van der Waals surface area contributed by atoms with E-state index >= 15 is 0 Å². The summed E-state index contributed by atoms with van der Waals surface area (Å²) >= 11 is 1.68. The van der Waals surface area contributed by atoms with Gasteiger partial charge < -0.3 is 15.2 Å². The zero-order valence-corrected chi connectivity index (χ0v) is 11.3. The van der Waals surface area contributed by atoms with Gasteiger partial charge in [0.25, 0.3) is 0 Å². The predicted octanol–water partition coefficient (Wildman–Crippen LogP) is 2.16. The van der Waals surface area contributed by atoms with Gasteiger partial charge in [-0.2, -0.15) is 0 Å². The van der Waals surface area contributed by atoms with Crippen LogP contribution >= 0.6 is 11.3 Å². The van der Waals surface area contributed by atoms with Crippen LogP contribution in [0, 0.1) is 0 Å². The Hall–Kier alpha value is -0.490. The minimum Gasteiger partial charge on any atom is -0.378 e. The van der Waals surface area contributed by atoms with Crippen LogP contribution in [0.25, 0.3) is 0 Å². The van der Waals surface area contributed by atoms with E-state index in [-0.39, 0.29) is 5.60 Å². The second-order valence-corrected chi connectivity index (χ2v) is 5.52. The van der Waals surface area contributed by atoms with Gasteiger partial charge in [0.05, 0.1) is 12.3 Å². The number of hydrogen-bond acceptors (Lipinski definition) is 5. The van der Waals surface area contributed by atoms with Crippen molar-refractivity contribution in [2.24, 2.45) is 5.73 Å². The third kappa shape index (κ3) is 2.38. The maximum Gasteiger partial charge on any atom is 0.125 e. The van der Waals surface area contributed by atoms with Crippen LogP contribution in [0.15, 0.2) is 0 Å². The smallest absolute Gasteiger partial charge is 0.125 e. The van der Waals surface area contributed by atoms with E-state index in [2.05, 4.69) is 4.98 Å². The fourth-order valence-electron chi connectivity index (χ4n) is 2.44. The molecule has 0 aromatic carbocycles. The lowest BCUT2D eigenvalue weighted by Gasteiger charge is -2.24. The molecule has 96 valence electrons. The maximum absolute atomic E-state index is 5.75. The highest BCUT2D eigenvalue weighted by Crippen LogP contribution is 2.43. The van der Waals surface area contributed by atoms with Crippen LogP contribution in [-0.2, 0) is 28.2 Å². The topological polar surface area (TPSA) is 57.4 Å². The van der Waals surface area contributed by atoms with Gasteiger partial charge in [0.15, 0.2) is 0 Å². The summed E-state index contributed by atoms with van der Waals surface area (Å²) in [6, 6.07) is 0. The number of ether oxygens (including phenoxy) is 2. The molecule has 2 rings (SSSR count). The van der Waals surface area contributed by atoms with Gasteiger partial charge in [0.1, 0.15) is 10.6 Å². The van der Waals surface area contributed by atoms with Crippen LogP contribution in [0.4, 0.5) is 0 Å². The molecule has 1 aromatic heterocycles. The van der Waals surface area contributed by atoms with Gasteiger partial charge in [-0.15, -0.1) is 11.3 Å². The largest absolute Gasteiger partial charge is 0.378 e. The minimum atomic E-state index is -0.166. The zero-order valence-electron chi connectivity index (χ0n) is 10.5. The van der Waals surface area contributed by atoms with Gasteiger partial charge in [-0.3, -0.25) is 0 Å². The van der Waals surface area contributed by atoms with E-state index in [0.29, 0.717) is 13.2 Å². The number of nitrogens with two attached hydrogens (primary N) is 1. The first-order chi connectivity index (χ1) is 8.25. The average Bonchev–Trinajstić information content (AvgIpc) is 2.96. The van der Waals surface area contributed by atoms with Crippen molar-refractivity contribution in [2.75, 3.05) is 14.2 Å². The Morgan fingerprint density at radius 1 is 1.35 bits per heavy atom. The Bertz CT molecular complexity index is 373. The summed E-state index contributed by atoms with van der Waals surface area (Å²) < 4.78 is 10.9. The van der Waals surface area contributed by atoms with Gasteiger partial charge in [-0.1, -0.05) is 12.8 Å². The zero-order chi connectivity index (χ0) is 12.3. The minimum absolute atomic E-state index is 0.166. The molecule has 1 aliphatic rings. The van der Waals surface area contributed by atoms with Crippen LogP contribution in [0.3, 0.4) is 0 Å². The highest BCUT2D eigenvalue weighted by atomic mass is 32.1. The quantitative estimate of drug-likeness (QED) is 0.877. The predicted molar refractivity (Wildman–Crippen MR) is 67.9 cm³/mol. The number of rotatable bonds is 5. The lowest BCUT2D eigenvalue weighted by Crippen LogP contribution is -2.24.